The molecule has 3 nitrogen and oxygen atoms in total. The molecule has 0 bridgehead atoms. The van der Waals surface area contributed by atoms with Crippen molar-refractivity contribution in [2.45, 2.75) is 0 Å². The number of fused-ring (bicyclic) bond motifs is 9. The molecule has 6 aromatic carbocycles. The van der Waals surface area contributed by atoms with Crippen LogP contribution in [0.2, 0.25) is 0 Å². The minimum atomic E-state index is 0.678. The lowest BCUT2D eigenvalue weighted by atomic mass is 10.1. The zero-order valence-corrected chi connectivity index (χ0v) is 22.7. The van der Waals surface area contributed by atoms with Gasteiger partial charge in [-0.1, -0.05) is 66.7 Å². The van der Waals surface area contributed by atoms with Crippen molar-refractivity contribution >= 4 is 75.1 Å². The van der Waals surface area contributed by atoms with Crippen LogP contribution in [0.25, 0.3) is 75.2 Å². The number of nitrogens with zero attached hydrogens (tertiary/aromatic N) is 3. The van der Waals surface area contributed by atoms with Crippen molar-refractivity contribution in [2.24, 2.45) is 0 Å². The Kier molecular flexibility index (Phi) is 4.55. The van der Waals surface area contributed by atoms with Crippen LogP contribution in [0.5, 0.6) is 0 Å². The SMILES string of the molecule is N#Cc1cccc2c3ccccc3n(-c3ccc4c(c3)c3ccccc3n4-c3ccc4sc5ccccc5c4c3)c12. The predicted molar refractivity (Wildman–Crippen MR) is 173 cm³/mol. The fraction of sp³-hybridized carbons (Fsp3) is 0. The lowest BCUT2D eigenvalue weighted by Crippen LogP contribution is -1.97. The van der Waals surface area contributed by atoms with E-state index in [1.807, 2.05) is 23.5 Å². The van der Waals surface area contributed by atoms with Crippen molar-refractivity contribution in [1.82, 2.24) is 9.13 Å². The lowest BCUT2D eigenvalue weighted by Gasteiger charge is -2.11. The highest BCUT2D eigenvalue weighted by Gasteiger charge is 2.18. The summed E-state index contributed by atoms with van der Waals surface area (Å²) in [5.41, 5.74) is 7.28. The summed E-state index contributed by atoms with van der Waals surface area (Å²) in [6, 6.07) is 47.7. The molecule has 3 heterocycles. The number of nitriles is 1. The van der Waals surface area contributed by atoms with E-state index >= 15 is 0 Å². The van der Waals surface area contributed by atoms with Gasteiger partial charge in [0.1, 0.15) is 6.07 Å². The molecule has 0 radical (unpaired) electrons. The van der Waals surface area contributed by atoms with Crippen molar-refractivity contribution in [3.8, 4) is 17.4 Å². The zero-order valence-electron chi connectivity index (χ0n) is 21.9. The van der Waals surface area contributed by atoms with Gasteiger partial charge in [0.05, 0.1) is 27.6 Å². The van der Waals surface area contributed by atoms with Gasteiger partial charge in [0.2, 0.25) is 0 Å². The Bertz CT molecular complexity index is 2550. The second-order valence-electron chi connectivity index (χ2n) is 10.5. The first-order valence-corrected chi connectivity index (χ1v) is 14.5. The molecule has 0 amide bonds. The molecule has 41 heavy (non-hydrogen) atoms. The second kappa shape index (κ2) is 8.32. The maximum atomic E-state index is 10.0. The standard InChI is InChI=1S/C37H21N3S/c38-22-23-8-7-12-29-26-9-1-5-14-33(26)40(37(23)29)25-16-18-34-30(20-25)27-10-2-4-13-32(27)39(34)24-17-19-36-31(21-24)28-11-3-6-15-35(28)41-36/h1-21H. The van der Waals surface area contributed by atoms with Gasteiger partial charge < -0.3 is 9.13 Å². The summed E-state index contributed by atoms with van der Waals surface area (Å²) < 4.78 is 7.25. The quantitative estimate of drug-likeness (QED) is 0.215. The number of aromatic nitrogens is 2. The number of para-hydroxylation sites is 3. The van der Waals surface area contributed by atoms with Gasteiger partial charge in [-0.25, -0.2) is 0 Å². The van der Waals surface area contributed by atoms with E-state index in [0.717, 1.165) is 38.7 Å². The molecule has 0 atom stereocenters. The van der Waals surface area contributed by atoms with Gasteiger partial charge in [-0.15, -0.1) is 11.3 Å². The van der Waals surface area contributed by atoms with Crippen LogP contribution >= 0.6 is 11.3 Å². The maximum absolute atomic E-state index is 10.0. The summed E-state index contributed by atoms with van der Waals surface area (Å²) in [6.07, 6.45) is 0. The molecule has 0 N–H and O–H groups in total. The van der Waals surface area contributed by atoms with Crippen molar-refractivity contribution in [3.05, 3.63) is 133 Å². The molecular formula is C37H21N3S. The van der Waals surface area contributed by atoms with Crippen LogP contribution in [-0.4, -0.2) is 9.13 Å². The number of benzene rings is 6. The third kappa shape index (κ3) is 3.07. The molecular weight excluding hydrogens is 518 g/mol. The van der Waals surface area contributed by atoms with Crippen LogP contribution in [0.4, 0.5) is 0 Å². The summed E-state index contributed by atoms with van der Waals surface area (Å²) in [5.74, 6) is 0. The van der Waals surface area contributed by atoms with E-state index in [9.17, 15) is 5.26 Å². The first-order valence-electron chi connectivity index (χ1n) is 13.7. The average Bonchev–Trinajstić information content (AvgIpc) is 3.68. The molecule has 0 saturated carbocycles. The van der Waals surface area contributed by atoms with Crippen LogP contribution in [0.1, 0.15) is 5.56 Å². The maximum Gasteiger partial charge on any atom is 0.101 e. The van der Waals surface area contributed by atoms with Gasteiger partial charge in [0.25, 0.3) is 0 Å². The predicted octanol–water partition coefficient (Wildman–Crippen LogP) is 10.1. The van der Waals surface area contributed by atoms with E-state index in [2.05, 4.69) is 130 Å². The molecule has 0 fully saturated rings. The fourth-order valence-electron chi connectivity index (χ4n) is 6.61. The number of hydrogen-bond acceptors (Lipinski definition) is 2. The summed E-state index contributed by atoms with van der Waals surface area (Å²) in [7, 11) is 0. The second-order valence-corrected chi connectivity index (χ2v) is 11.6. The van der Waals surface area contributed by atoms with E-state index in [1.54, 1.807) is 0 Å². The molecule has 0 spiro atoms. The Morgan fingerprint density at radius 2 is 1.05 bits per heavy atom. The molecule has 0 aliphatic heterocycles. The minimum absolute atomic E-state index is 0.678. The van der Waals surface area contributed by atoms with Crippen LogP contribution in [-0.2, 0) is 0 Å². The summed E-state index contributed by atoms with van der Waals surface area (Å²) >= 11 is 1.85. The number of hydrogen-bond donors (Lipinski definition) is 0. The molecule has 3 aromatic heterocycles. The van der Waals surface area contributed by atoms with Gasteiger partial charge in [-0.05, 0) is 60.7 Å². The molecule has 0 aliphatic rings. The van der Waals surface area contributed by atoms with E-state index < -0.39 is 0 Å². The van der Waals surface area contributed by atoms with Gasteiger partial charge >= 0.3 is 0 Å². The summed E-state index contributed by atoms with van der Waals surface area (Å²) in [6.45, 7) is 0. The summed E-state index contributed by atoms with van der Waals surface area (Å²) in [4.78, 5) is 0. The minimum Gasteiger partial charge on any atom is -0.309 e. The smallest absolute Gasteiger partial charge is 0.101 e. The molecule has 190 valence electrons. The molecule has 9 rings (SSSR count). The highest BCUT2D eigenvalue weighted by molar-refractivity contribution is 7.25. The van der Waals surface area contributed by atoms with E-state index in [0.29, 0.717) is 5.56 Å². The Labute approximate surface area is 239 Å². The fourth-order valence-corrected chi connectivity index (χ4v) is 7.69. The van der Waals surface area contributed by atoms with Crippen LogP contribution in [0.3, 0.4) is 0 Å². The van der Waals surface area contributed by atoms with Crippen LogP contribution in [0.15, 0.2) is 127 Å². The van der Waals surface area contributed by atoms with E-state index in [4.69, 9.17) is 0 Å². The van der Waals surface area contributed by atoms with Crippen LogP contribution in [0, 0.1) is 11.3 Å². The molecule has 0 aliphatic carbocycles. The first kappa shape index (κ1) is 22.4. The van der Waals surface area contributed by atoms with E-state index in [1.165, 1.54) is 36.5 Å². The van der Waals surface area contributed by atoms with Crippen molar-refractivity contribution in [1.29, 1.82) is 5.26 Å². The molecule has 0 saturated heterocycles. The Hall–Kier alpha value is -5.37. The Balaban J connectivity index is 1.35. The monoisotopic (exact) mass is 539 g/mol. The largest absolute Gasteiger partial charge is 0.309 e. The highest BCUT2D eigenvalue weighted by atomic mass is 32.1. The van der Waals surface area contributed by atoms with Gasteiger partial charge in [-0.2, -0.15) is 5.26 Å². The van der Waals surface area contributed by atoms with Crippen molar-refractivity contribution in [3.63, 3.8) is 0 Å². The van der Waals surface area contributed by atoms with Gasteiger partial charge in [0.15, 0.2) is 0 Å². The highest BCUT2D eigenvalue weighted by Crippen LogP contribution is 2.39. The first-order chi connectivity index (χ1) is 20.3. The van der Waals surface area contributed by atoms with Gasteiger partial charge in [0, 0.05) is 53.1 Å². The molecule has 0 unspecified atom stereocenters. The summed E-state index contributed by atoms with van der Waals surface area (Å²) in [5, 5.41) is 17.3. The van der Waals surface area contributed by atoms with E-state index in [-0.39, 0.29) is 0 Å². The lowest BCUT2D eigenvalue weighted by molar-refractivity contribution is 1.17. The van der Waals surface area contributed by atoms with Gasteiger partial charge in [-0.3, -0.25) is 0 Å². The zero-order chi connectivity index (χ0) is 27.1. The van der Waals surface area contributed by atoms with Crippen molar-refractivity contribution < 1.29 is 0 Å². The third-order valence-electron chi connectivity index (χ3n) is 8.35. The normalized spacial score (nSPS) is 11.9. The average molecular weight is 540 g/mol. The Morgan fingerprint density at radius 1 is 0.463 bits per heavy atom. The third-order valence-corrected chi connectivity index (χ3v) is 9.50. The molecule has 4 heteroatoms. The number of thiophene rings is 1. The van der Waals surface area contributed by atoms with Crippen molar-refractivity contribution in [2.75, 3.05) is 0 Å². The molecule has 9 aromatic rings. The van der Waals surface area contributed by atoms with Crippen LogP contribution < -0.4 is 0 Å². The Morgan fingerprint density at radius 3 is 1.88 bits per heavy atom. The number of rotatable bonds is 2. The topological polar surface area (TPSA) is 33.6 Å².